The summed E-state index contributed by atoms with van der Waals surface area (Å²) in [7, 11) is 0. The Morgan fingerprint density at radius 3 is 2.16 bits per heavy atom. The second-order valence-corrected chi connectivity index (χ2v) is 15.0. The van der Waals surface area contributed by atoms with E-state index >= 15 is 0 Å². The average molecular weight is 823 g/mol. The Kier molecular flexibility index (Phi) is 20.8. The van der Waals surface area contributed by atoms with Crippen LogP contribution in [0.25, 0.3) is 0 Å². The van der Waals surface area contributed by atoms with E-state index < -0.39 is 48.9 Å². The minimum absolute atomic E-state index is 0.0529. The second kappa shape index (κ2) is 24.9. The highest BCUT2D eigenvalue weighted by molar-refractivity contribution is 6.31. The third kappa shape index (κ3) is 15.9. The van der Waals surface area contributed by atoms with Gasteiger partial charge in [0.05, 0.1) is 31.5 Å². The van der Waals surface area contributed by atoms with Crippen LogP contribution in [0.15, 0.2) is 12.1 Å². The number of aromatic nitrogens is 2. The number of unbranched alkanes of at least 4 members (excludes halogenated alkanes) is 2. The number of hydrogen-bond donors (Lipinski definition) is 13. The summed E-state index contributed by atoms with van der Waals surface area (Å²) < 4.78 is 0. The minimum atomic E-state index is -1.52. The molecular formula is C38H63ClN10O8. The van der Waals surface area contributed by atoms with Crippen molar-refractivity contribution in [3.05, 3.63) is 45.2 Å². The zero-order valence-electron chi connectivity index (χ0n) is 32.6. The van der Waals surface area contributed by atoms with Crippen LogP contribution in [-0.4, -0.2) is 140 Å². The number of benzene rings is 1. The summed E-state index contributed by atoms with van der Waals surface area (Å²) in [4.78, 5) is 34.5. The number of hydrogen-bond acceptors (Lipinski definition) is 15. The lowest BCUT2D eigenvalue weighted by molar-refractivity contribution is -0.120. The Hall–Kier alpha value is -3.72. The maximum atomic E-state index is 12.5. The van der Waals surface area contributed by atoms with E-state index in [-0.39, 0.29) is 41.6 Å². The first kappa shape index (κ1) is 47.7. The van der Waals surface area contributed by atoms with Gasteiger partial charge in [-0.05, 0) is 125 Å². The fourth-order valence-corrected chi connectivity index (χ4v) is 7.15. The van der Waals surface area contributed by atoms with E-state index in [1.54, 1.807) is 0 Å². The number of guanidine groups is 1. The quantitative estimate of drug-likeness (QED) is 0.0311. The lowest BCUT2D eigenvalue weighted by Gasteiger charge is -2.29. The van der Waals surface area contributed by atoms with Crippen molar-refractivity contribution in [1.82, 2.24) is 30.8 Å². The molecule has 5 atom stereocenters. The molecule has 2 amide bonds. The van der Waals surface area contributed by atoms with Crippen molar-refractivity contribution >= 4 is 41.0 Å². The van der Waals surface area contributed by atoms with Crippen LogP contribution in [0.1, 0.15) is 90.5 Å². The molecule has 1 aromatic carbocycles. The van der Waals surface area contributed by atoms with Crippen LogP contribution < -0.4 is 33.2 Å². The van der Waals surface area contributed by atoms with Gasteiger partial charge in [0, 0.05) is 13.1 Å². The standard InChI is InChI=1S/C38H63ClN10O8/c39-33-35(41)47-34(40)31(46-33)37(57)48-38(43)45-16-5-3-8-23-12-13-24(27-11-2-1-10-26(23)27)14-15-28(36(42)56)44-17-7-19-49(18-6-4-9-25(52)21-50)20-29(53)32(55)30(54)22-51/h12-13,25,28-30,32,44,50-55H,1-11,14-22H2,(H2,42,56)(H4,40,41,47)(H3,43,45,48,57)/t25-,28-,29-,30+,32+/m0/s1. The Bertz CT molecular complexity index is 1590. The molecule has 3 rings (SSSR count). The number of nitrogen functional groups attached to an aromatic ring is 2. The molecule has 2 aromatic rings. The zero-order chi connectivity index (χ0) is 41.9. The maximum absolute atomic E-state index is 12.5. The predicted molar refractivity (Wildman–Crippen MR) is 217 cm³/mol. The van der Waals surface area contributed by atoms with Crippen LogP contribution in [0.3, 0.4) is 0 Å². The molecule has 16 N–H and O–H groups in total. The highest BCUT2D eigenvalue weighted by Gasteiger charge is 2.26. The highest BCUT2D eigenvalue weighted by atomic mass is 35.5. The Morgan fingerprint density at radius 2 is 1.51 bits per heavy atom. The first-order chi connectivity index (χ1) is 27.2. The van der Waals surface area contributed by atoms with Crippen LogP contribution >= 0.6 is 11.6 Å². The summed E-state index contributed by atoms with van der Waals surface area (Å²) in [5, 5.41) is 74.8. The van der Waals surface area contributed by atoms with E-state index in [9.17, 15) is 30.0 Å². The molecule has 1 aliphatic rings. The summed E-state index contributed by atoms with van der Waals surface area (Å²) in [5.74, 6) is -1.64. The maximum Gasteiger partial charge on any atom is 0.280 e. The lowest BCUT2D eigenvalue weighted by atomic mass is 9.82. The second-order valence-electron chi connectivity index (χ2n) is 14.6. The van der Waals surface area contributed by atoms with Crippen LogP contribution in [0.4, 0.5) is 11.6 Å². The summed E-state index contributed by atoms with van der Waals surface area (Å²) in [6.07, 6.45) is 5.17. The number of aryl methyl sites for hydroxylation is 2. The van der Waals surface area contributed by atoms with Crippen molar-refractivity contribution in [3.63, 3.8) is 0 Å². The number of carbonyl (C=O) groups is 2. The lowest BCUT2D eigenvalue weighted by Crippen LogP contribution is -2.47. The number of nitrogens with zero attached hydrogens (tertiary/aromatic N) is 3. The fourth-order valence-electron chi connectivity index (χ4n) is 7.03. The molecule has 0 radical (unpaired) electrons. The van der Waals surface area contributed by atoms with Gasteiger partial charge in [-0.15, -0.1) is 0 Å². The van der Waals surface area contributed by atoms with Crippen LogP contribution in [-0.2, 0) is 30.5 Å². The van der Waals surface area contributed by atoms with Gasteiger partial charge in [0.15, 0.2) is 28.4 Å². The van der Waals surface area contributed by atoms with Crippen molar-refractivity contribution in [1.29, 1.82) is 5.41 Å². The SMILES string of the molecule is N=C(NCCCCc1ccc(CC[C@H](NCCCN(CCCC[C@H](O)CO)C[C@H](O)[C@@H](O)[C@H](O)CO)C(N)=O)c2c1CCCC2)NC(=O)c1nc(Cl)c(N)nc1N. The molecule has 1 aliphatic carbocycles. The first-order valence-corrected chi connectivity index (χ1v) is 20.2. The van der Waals surface area contributed by atoms with Crippen LogP contribution in [0.2, 0.25) is 5.15 Å². The minimum Gasteiger partial charge on any atom is -0.394 e. The summed E-state index contributed by atoms with van der Waals surface area (Å²) >= 11 is 5.85. The van der Waals surface area contributed by atoms with Crippen LogP contribution in [0, 0.1) is 5.41 Å². The smallest absolute Gasteiger partial charge is 0.280 e. The number of amides is 2. The third-order valence-electron chi connectivity index (χ3n) is 10.2. The molecule has 0 saturated heterocycles. The van der Waals surface area contributed by atoms with Gasteiger partial charge in [0.1, 0.15) is 12.2 Å². The molecule has 0 bridgehead atoms. The molecule has 18 nitrogen and oxygen atoms in total. The number of fused-ring (bicyclic) bond motifs is 1. The van der Waals surface area contributed by atoms with Gasteiger partial charge in [-0.25, -0.2) is 9.97 Å². The molecular weight excluding hydrogens is 760 g/mol. The number of aliphatic hydroxyl groups excluding tert-OH is 6. The molecule has 57 heavy (non-hydrogen) atoms. The van der Waals surface area contributed by atoms with Gasteiger partial charge in [0.2, 0.25) is 5.91 Å². The van der Waals surface area contributed by atoms with Crippen molar-refractivity contribution in [2.75, 3.05) is 57.4 Å². The molecule has 19 heteroatoms. The van der Waals surface area contributed by atoms with Crippen molar-refractivity contribution in [2.45, 2.75) is 114 Å². The molecule has 0 spiro atoms. The Labute approximate surface area is 339 Å². The number of aliphatic hydroxyl groups is 6. The van der Waals surface area contributed by atoms with Gasteiger partial charge >= 0.3 is 0 Å². The topological polar surface area (TPSA) is 323 Å². The largest absolute Gasteiger partial charge is 0.394 e. The first-order valence-electron chi connectivity index (χ1n) is 19.8. The molecule has 0 unspecified atom stereocenters. The van der Waals surface area contributed by atoms with Gasteiger partial charge in [-0.2, -0.15) is 0 Å². The number of nitrogens with two attached hydrogens (primary N) is 3. The van der Waals surface area contributed by atoms with E-state index in [4.69, 9.17) is 44.4 Å². The molecule has 0 saturated carbocycles. The normalized spacial score (nSPS) is 15.4. The number of halogens is 1. The van der Waals surface area contributed by atoms with Gasteiger partial charge < -0.3 is 63.4 Å². The summed E-state index contributed by atoms with van der Waals surface area (Å²) in [6, 6.07) is 3.79. The number of rotatable bonds is 26. The van der Waals surface area contributed by atoms with E-state index in [2.05, 4.69) is 38.1 Å². The van der Waals surface area contributed by atoms with Crippen molar-refractivity contribution in [2.24, 2.45) is 5.73 Å². The number of primary amides is 1. The third-order valence-corrected chi connectivity index (χ3v) is 10.5. The average Bonchev–Trinajstić information content (AvgIpc) is 3.19. The number of carbonyl (C=O) groups excluding carboxylic acids is 2. The molecule has 0 fully saturated rings. The van der Waals surface area contributed by atoms with E-state index in [1.807, 2.05) is 4.90 Å². The highest BCUT2D eigenvalue weighted by Crippen LogP contribution is 2.30. The van der Waals surface area contributed by atoms with Crippen molar-refractivity contribution < 1.29 is 40.2 Å². The molecule has 320 valence electrons. The van der Waals surface area contributed by atoms with E-state index in [0.29, 0.717) is 64.7 Å². The number of nitrogens with one attached hydrogen (secondary N) is 4. The summed E-state index contributed by atoms with van der Waals surface area (Å²) in [5.41, 5.74) is 22.1. The molecule has 0 aliphatic heterocycles. The Balaban J connectivity index is 1.48. The zero-order valence-corrected chi connectivity index (χ0v) is 33.4. The van der Waals surface area contributed by atoms with Gasteiger partial charge in [0.25, 0.3) is 5.91 Å². The van der Waals surface area contributed by atoms with E-state index in [1.165, 1.54) is 22.3 Å². The van der Waals surface area contributed by atoms with Gasteiger partial charge in [-0.3, -0.25) is 20.3 Å². The number of anilines is 2. The summed E-state index contributed by atoms with van der Waals surface area (Å²) in [6.45, 7) is 1.05. The van der Waals surface area contributed by atoms with Crippen LogP contribution in [0.5, 0.6) is 0 Å². The van der Waals surface area contributed by atoms with Crippen molar-refractivity contribution in [3.8, 4) is 0 Å². The molecule has 1 heterocycles. The molecule has 1 aromatic heterocycles. The fraction of sp³-hybridized carbons (Fsp3) is 0.658. The van der Waals surface area contributed by atoms with E-state index in [0.717, 1.165) is 44.9 Å². The van der Waals surface area contributed by atoms with Gasteiger partial charge in [-0.1, -0.05) is 23.7 Å². The Morgan fingerprint density at radius 1 is 0.842 bits per heavy atom. The monoisotopic (exact) mass is 822 g/mol. The predicted octanol–water partition coefficient (Wildman–Crippen LogP) is -0.883.